The highest BCUT2D eigenvalue weighted by Crippen LogP contribution is 2.22. The van der Waals surface area contributed by atoms with Crippen molar-refractivity contribution in [2.45, 2.75) is 11.4 Å². The Bertz CT molecular complexity index is 701. The SMILES string of the molecule is Cn1ccc(CNS(=O)(=O)c2cc(Br)cnc2Cl)n1. The van der Waals surface area contributed by atoms with Gasteiger partial charge < -0.3 is 0 Å². The lowest BCUT2D eigenvalue weighted by Gasteiger charge is -2.07. The van der Waals surface area contributed by atoms with Crippen molar-refractivity contribution < 1.29 is 8.42 Å². The normalized spacial score (nSPS) is 11.7. The van der Waals surface area contributed by atoms with E-state index in [0.717, 1.165) is 0 Å². The maximum Gasteiger partial charge on any atom is 0.244 e. The fourth-order valence-corrected chi connectivity index (χ4v) is 3.34. The van der Waals surface area contributed by atoms with Gasteiger partial charge in [0.1, 0.15) is 10.0 Å². The van der Waals surface area contributed by atoms with Gasteiger partial charge in [-0.3, -0.25) is 4.68 Å². The van der Waals surface area contributed by atoms with Gasteiger partial charge in [0.15, 0.2) is 0 Å². The second-order valence-electron chi connectivity index (χ2n) is 3.75. The first kappa shape index (κ1) is 14.4. The fourth-order valence-electron chi connectivity index (χ4n) is 1.40. The zero-order chi connectivity index (χ0) is 14.0. The monoisotopic (exact) mass is 364 g/mol. The molecule has 0 aliphatic carbocycles. The van der Waals surface area contributed by atoms with E-state index >= 15 is 0 Å². The third-order valence-electron chi connectivity index (χ3n) is 2.28. The van der Waals surface area contributed by atoms with Crippen molar-refractivity contribution in [3.63, 3.8) is 0 Å². The number of sulfonamides is 1. The summed E-state index contributed by atoms with van der Waals surface area (Å²) in [7, 11) is -1.97. The number of aromatic nitrogens is 3. The van der Waals surface area contributed by atoms with E-state index in [0.29, 0.717) is 10.2 Å². The van der Waals surface area contributed by atoms with Gasteiger partial charge in [0, 0.05) is 23.9 Å². The predicted octanol–water partition coefficient (Wildman–Crippen LogP) is 1.71. The standard InChI is InChI=1S/C10H10BrClN4O2S/c1-16-3-2-8(15-16)6-14-19(17,18)9-4-7(11)5-13-10(9)12/h2-5,14H,6H2,1H3. The molecule has 0 aliphatic rings. The smallest absolute Gasteiger partial charge is 0.244 e. The predicted molar refractivity (Wildman–Crippen MR) is 74.2 cm³/mol. The fraction of sp³-hybridized carbons (Fsp3) is 0.200. The molecule has 19 heavy (non-hydrogen) atoms. The third-order valence-corrected chi connectivity index (χ3v) is 4.54. The average molecular weight is 366 g/mol. The van der Waals surface area contributed by atoms with E-state index in [2.05, 4.69) is 30.7 Å². The van der Waals surface area contributed by atoms with Gasteiger partial charge in [0.2, 0.25) is 10.0 Å². The molecule has 2 aromatic heterocycles. The van der Waals surface area contributed by atoms with Crippen molar-refractivity contribution in [3.8, 4) is 0 Å². The van der Waals surface area contributed by atoms with Gasteiger partial charge in [-0.15, -0.1) is 0 Å². The van der Waals surface area contributed by atoms with Crippen LogP contribution in [0.2, 0.25) is 5.15 Å². The molecule has 0 radical (unpaired) electrons. The summed E-state index contributed by atoms with van der Waals surface area (Å²) in [5.74, 6) is 0. The Labute approximate surface area is 124 Å². The zero-order valence-corrected chi connectivity index (χ0v) is 13.0. The Hall–Kier alpha value is -0.960. The minimum Gasteiger partial charge on any atom is -0.276 e. The molecular formula is C10H10BrClN4O2S. The van der Waals surface area contributed by atoms with Crippen LogP contribution in [-0.4, -0.2) is 23.2 Å². The van der Waals surface area contributed by atoms with Crippen molar-refractivity contribution in [1.29, 1.82) is 0 Å². The van der Waals surface area contributed by atoms with Crippen LogP contribution in [-0.2, 0) is 23.6 Å². The summed E-state index contributed by atoms with van der Waals surface area (Å²) in [6.07, 6.45) is 3.16. The third kappa shape index (κ3) is 3.53. The summed E-state index contributed by atoms with van der Waals surface area (Å²) in [6.45, 7) is 0.0893. The number of nitrogens with zero attached hydrogens (tertiary/aromatic N) is 3. The van der Waals surface area contributed by atoms with Crippen LogP contribution in [0.4, 0.5) is 0 Å². The molecule has 0 aromatic carbocycles. The number of pyridine rings is 1. The van der Waals surface area contributed by atoms with Gasteiger partial charge in [-0.05, 0) is 28.1 Å². The van der Waals surface area contributed by atoms with Crippen LogP contribution >= 0.6 is 27.5 Å². The van der Waals surface area contributed by atoms with Gasteiger partial charge in [-0.1, -0.05) is 11.6 Å². The van der Waals surface area contributed by atoms with Gasteiger partial charge in [-0.2, -0.15) is 5.10 Å². The summed E-state index contributed by atoms with van der Waals surface area (Å²) in [6, 6.07) is 3.12. The molecule has 6 nitrogen and oxygen atoms in total. The quantitative estimate of drug-likeness (QED) is 0.837. The summed E-state index contributed by atoms with van der Waals surface area (Å²) in [5.41, 5.74) is 0.616. The molecule has 2 heterocycles. The first-order chi connectivity index (χ1) is 8.88. The maximum absolute atomic E-state index is 12.1. The van der Waals surface area contributed by atoms with E-state index in [1.165, 1.54) is 12.3 Å². The zero-order valence-electron chi connectivity index (χ0n) is 9.84. The molecule has 0 aliphatic heterocycles. The maximum atomic E-state index is 12.1. The number of hydrogen-bond donors (Lipinski definition) is 1. The summed E-state index contributed by atoms with van der Waals surface area (Å²) >= 11 is 8.95. The van der Waals surface area contributed by atoms with Gasteiger partial charge in [0.25, 0.3) is 0 Å². The molecule has 0 atom stereocenters. The molecule has 2 rings (SSSR count). The Morgan fingerprint density at radius 1 is 1.53 bits per heavy atom. The first-order valence-electron chi connectivity index (χ1n) is 5.18. The van der Waals surface area contributed by atoms with E-state index in [1.807, 2.05) is 0 Å². The highest BCUT2D eigenvalue weighted by atomic mass is 79.9. The largest absolute Gasteiger partial charge is 0.276 e. The molecule has 1 N–H and O–H groups in total. The number of halogens is 2. The molecule has 102 valence electrons. The number of rotatable bonds is 4. The molecule has 9 heteroatoms. The van der Waals surface area contributed by atoms with Crippen LogP contribution in [0.1, 0.15) is 5.69 Å². The molecule has 0 amide bonds. The topological polar surface area (TPSA) is 76.9 Å². The van der Waals surface area contributed by atoms with Crippen LogP contribution in [0.5, 0.6) is 0 Å². The van der Waals surface area contributed by atoms with Crippen LogP contribution in [0, 0.1) is 0 Å². The summed E-state index contributed by atoms with van der Waals surface area (Å²) in [4.78, 5) is 3.71. The molecule has 0 bridgehead atoms. The number of hydrogen-bond acceptors (Lipinski definition) is 4. The Morgan fingerprint density at radius 3 is 2.89 bits per heavy atom. The van der Waals surface area contributed by atoms with Crippen molar-refractivity contribution in [2.24, 2.45) is 7.05 Å². The van der Waals surface area contributed by atoms with Crippen LogP contribution < -0.4 is 4.72 Å². The Kier molecular flexibility index (Phi) is 4.24. The van der Waals surface area contributed by atoms with Crippen LogP contribution in [0.15, 0.2) is 33.9 Å². The second kappa shape index (κ2) is 5.58. The van der Waals surface area contributed by atoms with Crippen molar-refractivity contribution in [2.75, 3.05) is 0 Å². The van der Waals surface area contributed by atoms with E-state index in [9.17, 15) is 8.42 Å². The van der Waals surface area contributed by atoms with E-state index in [1.54, 1.807) is 24.0 Å². The molecule has 0 spiro atoms. The lowest BCUT2D eigenvalue weighted by molar-refractivity contribution is 0.579. The lowest BCUT2D eigenvalue weighted by atomic mass is 10.4. The van der Waals surface area contributed by atoms with Crippen molar-refractivity contribution in [1.82, 2.24) is 19.5 Å². The van der Waals surface area contributed by atoms with Gasteiger partial charge >= 0.3 is 0 Å². The first-order valence-corrected chi connectivity index (χ1v) is 7.83. The molecule has 2 aromatic rings. The Morgan fingerprint density at radius 2 is 2.26 bits per heavy atom. The van der Waals surface area contributed by atoms with Crippen LogP contribution in [0.3, 0.4) is 0 Å². The average Bonchev–Trinajstić information content (AvgIpc) is 2.76. The molecule has 0 unspecified atom stereocenters. The van der Waals surface area contributed by atoms with Crippen molar-refractivity contribution >= 4 is 37.6 Å². The highest BCUT2D eigenvalue weighted by Gasteiger charge is 2.19. The number of aryl methyl sites for hydroxylation is 1. The Balaban J connectivity index is 2.20. The summed E-state index contributed by atoms with van der Waals surface area (Å²) in [5, 5.41) is 4.01. The molecular weight excluding hydrogens is 356 g/mol. The van der Waals surface area contributed by atoms with E-state index in [-0.39, 0.29) is 16.6 Å². The van der Waals surface area contributed by atoms with E-state index in [4.69, 9.17) is 11.6 Å². The number of nitrogens with one attached hydrogen (secondary N) is 1. The molecule has 0 saturated heterocycles. The second-order valence-corrected chi connectivity index (χ2v) is 6.76. The minimum absolute atomic E-state index is 0.0699. The van der Waals surface area contributed by atoms with Gasteiger partial charge in [0.05, 0.1) is 12.2 Å². The molecule has 0 saturated carbocycles. The van der Waals surface area contributed by atoms with E-state index < -0.39 is 10.0 Å². The minimum atomic E-state index is -3.73. The molecule has 0 fully saturated rings. The lowest BCUT2D eigenvalue weighted by Crippen LogP contribution is -2.24. The van der Waals surface area contributed by atoms with Crippen LogP contribution in [0.25, 0.3) is 0 Å². The van der Waals surface area contributed by atoms with Gasteiger partial charge in [-0.25, -0.2) is 18.1 Å². The summed E-state index contributed by atoms with van der Waals surface area (Å²) < 4.78 is 28.7. The highest BCUT2D eigenvalue weighted by molar-refractivity contribution is 9.10. The van der Waals surface area contributed by atoms with Crippen molar-refractivity contribution in [3.05, 3.63) is 39.8 Å².